The lowest BCUT2D eigenvalue weighted by atomic mass is 10.2. The molecule has 0 bridgehead atoms. The Morgan fingerprint density at radius 2 is 1.79 bits per heavy atom. The molecule has 146 valence electrons. The second-order valence-corrected chi connectivity index (χ2v) is 6.92. The van der Waals surface area contributed by atoms with Crippen molar-refractivity contribution < 1.29 is 19.0 Å². The van der Waals surface area contributed by atoms with Crippen LogP contribution in [0.25, 0.3) is 10.6 Å². The number of nitrogens with zero attached hydrogens (tertiary/aromatic N) is 2. The average molecular weight is 398 g/mol. The van der Waals surface area contributed by atoms with Gasteiger partial charge in [0.25, 0.3) is 5.91 Å². The first-order valence-corrected chi connectivity index (χ1v) is 9.58. The standard InChI is InChI=1S/C21H22N2O4S/c1-5-27-16-9-7-15(8-10-16)23(2)21(24)19-13-22-20(28-19)14-6-11-17(25-3)18(12-14)26-4/h6-13H,5H2,1-4H3. The van der Waals surface area contributed by atoms with Crippen LogP contribution in [0.4, 0.5) is 5.69 Å². The Kier molecular flexibility index (Phi) is 6.16. The van der Waals surface area contributed by atoms with Gasteiger partial charge in [0.05, 0.1) is 27.0 Å². The van der Waals surface area contributed by atoms with E-state index in [1.165, 1.54) is 11.3 Å². The molecule has 3 rings (SSSR count). The topological polar surface area (TPSA) is 60.9 Å². The van der Waals surface area contributed by atoms with E-state index >= 15 is 0 Å². The van der Waals surface area contributed by atoms with Crippen molar-refractivity contribution in [3.05, 3.63) is 53.5 Å². The molecular weight excluding hydrogens is 376 g/mol. The fourth-order valence-corrected chi connectivity index (χ4v) is 3.58. The number of carbonyl (C=O) groups is 1. The lowest BCUT2D eigenvalue weighted by molar-refractivity contribution is 0.0996. The fourth-order valence-electron chi connectivity index (χ4n) is 2.69. The molecule has 0 N–H and O–H groups in total. The highest BCUT2D eigenvalue weighted by molar-refractivity contribution is 7.17. The minimum Gasteiger partial charge on any atom is -0.494 e. The summed E-state index contributed by atoms with van der Waals surface area (Å²) in [5, 5.41) is 0.740. The number of amides is 1. The summed E-state index contributed by atoms with van der Waals surface area (Å²) >= 11 is 1.34. The molecule has 28 heavy (non-hydrogen) atoms. The Balaban J connectivity index is 1.80. The minimum absolute atomic E-state index is 0.117. The Morgan fingerprint density at radius 1 is 1.07 bits per heavy atom. The van der Waals surface area contributed by atoms with Gasteiger partial charge in [-0.15, -0.1) is 11.3 Å². The Bertz CT molecular complexity index is 953. The number of carbonyl (C=O) groups excluding carboxylic acids is 1. The van der Waals surface area contributed by atoms with Crippen molar-refractivity contribution in [2.24, 2.45) is 0 Å². The van der Waals surface area contributed by atoms with Crippen LogP contribution >= 0.6 is 11.3 Å². The molecule has 1 amide bonds. The van der Waals surface area contributed by atoms with Crippen molar-refractivity contribution in [3.8, 4) is 27.8 Å². The zero-order valence-electron chi connectivity index (χ0n) is 16.3. The van der Waals surface area contributed by atoms with E-state index in [1.54, 1.807) is 32.4 Å². The monoisotopic (exact) mass is 398 g/mol. The maximum atomic E-state index is 12.8. The van der Waals surface area contributed by atoms with Crippen LogP contribution in [0.5, 0.6) is 17.2 Å². The highest BCUT2D eigenvalue weighted by Gasteiger charge is 2.18. The van der Waals surface area contributed by atoms with E-state index in [-0.39, 0.29) is 5.91 Å². The third-order valence-corrected chi connectivity index (χ3v) is 5.22. The second-order valence-electron chi connectivity index (χ2n) is 5.89. The SMILES string of the molecule is CCOc1ccc(N(C)C(=O)c2cnc(-c3ccc(OC)c(OC)c3)s2)cc1. The van der Waals surface area contributed by atoms with E-state index in [1.807, 2.05) is 49.4 Å². The summed E-state index contributed by atoms with van der Waals surface area (Å²) in [5.74, 6) is 1.93. The summed E-state index contributed by atoms with van der Waals surface area (Å²) < 4.78 is 16.0. The van der Waals surface area contributed by atoms with Crippen LogP contribution in [0.2, 0.25) is 0 Å². The van der Waals surface area contributed by atoms with Crippen LogP contribution in [0.15, 0.2) is 48.7 Å². The van der Waals surface area contributed by atoms with Gasteiger partial charge in [-0.3, -0.25) is 4.79 Å². The lowest BCUT2D eigenvalue weighted by Gasteiger charge is -2.16. The van der Waals surface area contributed by atoms with Gasteiger partial charge in [-0.2, -0.15) is 0 Å². The van der Waals surface area contributed by atoms with E-state index in [0.29, 0.717) is 23.0 Å². The van der Waals surface area contributed by atoms with Crippen molar-refractivity contribution in [2.45, 2.75) is 6.92 Å². The number of thiazole rings is 1. The maximum Gasteiger partial charge on any atom is 0.269 e. The van der Waals surface area contributed by atoms with Crippen molar-refractivity contribution in [1.82, 2.24) is 4.98 Å². The second kappa shape index (κ2) is 8.75. The highest BCUT2D eigenvalue weighted by Crippen LogP contribution is 2.34. The molecule has 0 aliphatic heterocycles. The van der Waals surface area contributed by atoms with Gasteiger partial charge in [-0.25, -0.2) is 4.98 Å². The summed E-state index contributed by atoms with van der Waals surface area (Å²) in [5.41, 5.74) is 1.65. The first kappa shape index (κ1) is 19.7. The Hall–Kier alpha value is -3.06. The number of ether oxygens (including phenoxy) is 3. The quantitative estimate of drug-likeness (QED) is 0.586. The fraction of sp³-hybridized carbons (Fsp3) is 0.238. The van der Waals surface area contributed by atoms with Gasteiger partial charge < -0.3 is 19.1 Å². The van der Waals surface area contributed by atoms with Gasteiger partial charge in [0, 0.05) is 18.3 Å². The summed E-state index contributed by atoms with van der Waals surface area (Å²) in [7, 11) is 4.92. The molecule has 3 aromatic rings. The molecule has 0 fully saturated rings. The molecule has 0 radical (unpaired) electrons. The molecule has 1 heterocycles. The molecule has 7 heteroatoms. The number of methoxy groups -OCH3 is 2. The predicted octanol–water partition coefficient (Wildman–Crippen LogP) is 4.50. The summed E-state index contributed by atoms with van der Waals surface area (Å²) in [6, 6.07) is 13.0. The van der Waals surface area contributed by atoms with Gasteiger partial charge in [0.2, 0.25) is 0 Å². The number of hydrogen-bond donors (Lipinski definition) is 0. The summed E-state index contributed by atoms with van der Waals surface area (Å²) in [4.78, 5) is 19.4. The third kappa shape index (κ3) is 4.09. The molecular formula is C21H22N2O4S. The van der Waals surface area contributed by atoms with Gasteiger partial charge in [-0.05, 0) is 49.4 Å². The van der Waals surface area contributed by atoms with Crippen molar-refractivity contribution in [1.29, 1.82) is 0 Å². The van der Waals surface area contributed by atoms with E-state index in [0.717, 1.165) is 22.0 Å². The molecule has 6 nitrogen and oxygen atoms in total. The lowest BCUT2D eigenvalue weighted by Crippen LogP contribution is -2.25. The first-order valence-electron chi connectivity index (χ1n) is 8.76. The zero-order chi connectivity index (χ0) is 20.1. The minimum atomic E-state index is -0.117. The molecule has 0 spiro atoms. The van der Waals surface area contributed by atoms with Crippen molar-refractivity contribution >= 4 is 22.9 Å². The molecule has 0 aliphatic carbocycles. The Labute approximate surface area is 168 Å². The van der Waals surface area contributed by atoms with Crippen LogP contribution in [0.1, 0.15) is 16.6 Å². The predicted molar refractivity (Wildman–Crippen MR) is 111 cm³/mol. The molecule has 2 aromatic carbocycles. The van der Waals surface area contributed by atoms with E-state index in [2.05, 4.69) is 4.98 Å². The summed E-state index contributed by atoms with van der Waals surface area (Å²) in [6.07, 6.45) is 1.60. The molecule has 0 aliphatic rings. The smallest absolute Gasteiger partial charge is 0.269 e. The number of anilines is 1. The van der Waals surface area contributed by atoms with Crippen LogP contribution in [0, 0.1) is 0 Å². The first-order chi connectivity index (χ1) is 13.6. The van der Waals surface area contributed by atoms with Crippen molar-refractivity contribution in [3.63, 3.8) is 0 Å². The van der Waals surface area contributed by atoms with Crippen LogP contribution in [-0.4, -0.2) is 38.8 Å². The average Bonchev–Trinajstić information content (AvgIpc) is 3.23. The van der Waals surface area contributed by atoms with Crippen LogP contribution in [0.3, 0.4) is 0 Å². The zero-order valence-corrected chi connectivity index (χ0v) is 17.1. The molecule has 0 saturated carbocycles. The Morgan fingerprint density at radius 3 is 2.43 bits per heavy atom. The van der Waals surface area contributed by atoms with E-state index < -0.39 is 0 Å². The van der Waals surface area contributed by atoms with Gasteiger partial charge >= 0.3 is 0 Å². The van der Waals surface area contributed by atoms with E-state index in [4.69, 9.17) is 14.2 Å². The summed E-state index contributed by atoms with van der Waals surface area (Å²) in [6.45, 7) is 2.54. The van der Waals surface area contributed by atoms with Crippen molar-refractivity contribution in [2.75, 3.05) is 32.8 Å². The number of hydrogen-bond acceptors (Lipinski definition) is 6. The third-order valence-electron chi connectivity index (χ3n) is 4.19. The molecule has 1 aromatic heterocycles. The number of aromatic nitrogens is 1. The van der Waals surface area contributed by atoms with Gasteiger partial charge in [0.1, 0.15) is 15.6 Å². The largest absolute Gasteiger partial charge is 0.494 e. The molecule has 0 saturated heterocycles. The van der Waals surface area contributed by atoms with Gasteiger partial charge in [0.15, 0.2) is 11.5 Å². The van der Waals surface area contributed by atoms with E-state index in [9.17, 15) is 4.79 Å². The number of benzene rings is 2. The maximum absolute atomic E-state index is 12.8. The molecule has 0 unspecified atom stereocenters. The number of rotatable bonds is 7. The van der Waals surface area contributed by atoms with Crippen LogP contribution in [-0.2, 0) is 0 Å². The normalized spacial score (nSPS) is 10.4. The van der Waals surface area contributed by atoms with Crippen LogP contribution < -0.4 is 19.1 Å². The molecule has 0 atom stereocenters. The van der Waals surface area contributed by atoms with Gasteiger partial charge in [-0.1, -0.05) is 0 Å². The highest BCUT2D eigenvalue weighted by atomic mass is 32.1.